The van der Waals surface area contributed by atoms with E-state index in [1.54, 1.807) is 18.5 Å². The van der Waals surface area contributed by atoms with Crippen LogP contribution in [0.3, 0.4) is 0 Å². The number of imidazole rings is 1. The van der Waals surface area contributed by atoms with Crippen LogP contribution in [0.15, 0.2) is 54.9 Å². The number of hydrogen-bond acceptors (Lipinski definition) is 3. The van der Waals surface area contributed by atoms with Gasteiger partial charge in [-0.05, 0) is 43.5 Å². The van der Waals surface area contributed by atoms with E-state index in [2.05, 4.69) is 22.4 Å². The van der Waals surface area contributed by atoms with Gasteiger partial charge in [-0.3, -0.25) is 4.79 Å². The molecule has 1 heterocycles. The Labute approximate surface area is 147 Å². The number of nitrogens with zero attached hydrogens (tertiary/aromatic N) is 2. The molecule has 0 aliphatic rings. The third-order valence-electron chi connectivity index (χ3n) is 4.31. The first-order chi connectivity index (χ1) is 12.2. The fourth-order valence-corrected chi connectivity index (χ4v) is 2.90. The Morgan fingerprint density at radius 3 is 2.80 bits per heavy atom. The molecule has 1 amide bonds. The van der Waals surface area contributed by atoms with Crippen molar-refractivity contribution in [3.63, 3.8) is 0 Å². The van der Waals surface area contributed by atoms with Crippen molar-refractivity contribution in [1.82, 2.24) is 14.9 Å². The molecule has 25 heavy (non-hydrogen) atoms. The van der Waals surface area contributed by atoms with Gasteiger partial charge in [0.15, 0.2) is 0 Å². The third kappa shape index (κ3) is 4.25. The van der Waals surface area contributed by atoms with Crippen molar-refractivity contribution in [2.75, 3.05) is 6.61 Å². The van der Waals surface area contributed by atoms with E-state index in [1.165, 1.54) is 5.56 Å². The first-order valence-electron chi connectivity index (χ1n) is 8.58. The van der Waals surface area contributed by atoms with Crippen molar-refractivity contribution in [3.8, 4) is 0 Å². The molecular formula is C20H23N3O2. The van der Waals surface area contributed by atoms with Gasteiger partial charge >= 0.3 is 0 Å². The Kier molecular flexibility index (Phi) is 5.46. The molecule has 1 atom stereocenters. The molecule has 0 spiro atoms. The molecule has 0 aliphatic carbocycles. The van der Waals surface area contributed by atoms with E-state index >= 15 is 0 Å². The summed E-state index contributed by atoms with van der Waals surface area (Å²) in [5.74, 6) is -0.0841. The lowest BCUT2D eigenvalue weighted by Crippen LogP contribution is -2.32. The van der Waals surface area contributed by atoms with Crippen molar-refractivity contribution in [2.24, 2.45) is 0 Å². The molecule has 2 N–H and O–H groups in total. The lowest BCUT2D eigenvalue weighted by atomic mass is 10.1. The number of amides is 1. The van der Waals surface area contributed by atoms with Gasteiger partial charge in [-0.15, -0.1) is 0 Å². The number of benzene rings is 2. The summed E-state index contributed by atoms with van der Waals surface area (Å²) in [4.78, 5) is 16.8. The quantitative estimate of drug-likeness (QED) is 0.697. The molecular weight excluding hydrogens is 314 g/mol. The van der Waals surface area contributed by atoms with Crippen LogP contribution in [0, 0.1) is 0 Å². The second-order valence-electron chi connectivity index (χ2n) is 6.26. The summed E-state index contributed by atoms with van der Waals surface area (Å²) in [6.07, 6.45) is 3.51. The highest BCUT2D eigenvalue weighted by atomic mass is 16.3. The minimum absolute atomic E-state index is 0.0621. The number of fused-ring (bicyclic) bond motifs is 1. The normalized spacial score (nSPS) is 12.2. The minimum Gasteiger partial charge on any atom is -0.395 e. The van der Waals surface area contributed by atoms with Crippen molar-refractivity contribution < 1.29 is 9.90 Å². The van der Waals surface area contributed by atoms with Crippen LogP contribution in [0.2, 0.25) is 0 Å². The average Bonchev–Trinajstić information content (AvgIpc) is 3.03. The first-order valence-corrected chi connectivity index (χ1v) is 8.58. The lowest BCUT2D eigenvalue weighted by Gasteiger charge is -2.14. The number of aromatic nitrogens is 2. The SMILES string of the molecule is CC(CCc1ccccc1)NC(=O)c1ccc2c(c1)ncn2CCO. The molecule has 130 valence electrons. The number of nitrogens with one attached hydrogen (secondary N) is 1. The molecule has 0 aliphatic heterocycles. The second-order valence-corrected chi connectivity index (χ2v) is 6.26. The van der Waals surface area contributed by atoms with Gasteiger partial charge in [0.2, 0.25) is 0 Å². The standard InChI is InChI=1S/C20H23N3O2/c1-15(7-8-16-5-3-2-4-6-16)22-20(25)17-9-10-19-18(13-17)21-14-23(19)11-12-24/h2-6,9-10,13-15,24H,7-8,11-12H2,1H3,(H,22,25). The molecule has 3 aromatic rings. The number of aliphatic hydroxyl groups is 1. The van der Waals surface area contributed by atoms with Gasteiger partial charge in [0.05, 0.1) is 24.0 Å². The number of aliphatic hydroxyl groups excluding tert-OH is 1. The highest BCUT2D eigenvalue weighted by Gasteiger charge is 2.12. The Morgan fingerprint density at radius 2 is 2.04 bits per heavy atom. The van der Waals surface area contributed by atoms with Crippen LogP contribution in [-0.2, 0) is 13.0 Å². The second kappa shape index (κ2) is 7.94. The van der Waals surface area contributed by atoms with Gasteiger partial charge in [0, 0.05) is 18.2 Å². The summed E-state index contributed by atoms with van der Waals surface area (Å²) in [6.45, 7) is 2.58. The highest BCUT2D eigenvalue weighted by molar-refractivity contribution is 5.97. The lowest BCUT2D eigenvalue weighted by molar-refractivity contribution is 0.0938. The van der Waals surface area contributed by atoms with Crippen LogP contribution in [0.1, 0.15) is 29.3 Å². The van der Waals surface area contributed by atoms with E-state index in [0.29, 0.717) is 12.1 Å². The molecule has 3 rings (SSSR count). The molecule has 1 aromatic heterocycles. The van der Waals surface area contributed by atoms with E-state index in [-0.39, 0.29) is 18.6 Å². The van der Waals surface area contributed by atoms with Crippen molar-refractivity contribution >= 4 is 16.9 Å². The maximum Gasteiger partial charge on any atom is 0.251 e. The third-order valence-corrected chi connectivity index (χ3v) is 4.31. The summed E-state index contributed by atoms with van der Waals surface area (Å²) in [5, 5.41) is 12.1. The number of hydrogen-bond donors (Lipinski definition) is 2. The maximum atomic E-state index is 12.5. The van der Waals surface area contributed by atoms with Crippen LogP contribution in [0.4, 0.5) is 0 Å². The van der Waals surface area contributed by atoms with Gasteiger partial charge in [0.25, 0.3) is 5.91 Å². The molecule has 2 aromatic carbocycles. The molecule has 0 bridgehead atoms. The number of carbonyl (C=O) groups excluding carboxylic acids is 1. The zero-order valence-corrected chi connectivity index (χ0v) is 14.4. The fraction of sp³-hybridized carbons (Fsp3) is 0.300. The predicted octanol–water partition coefficient (Wildman–Crippen LogP) is 2.78. The Bertz CT molecular complexity index is 843. The average molecular weight is 337 g/mol. The van der Waals surface area contributed by atoms with Crippen molar-refractivity contribution in [3.05, 3.63) is 66.0 Å². The van der Waals surface area contributed by atoms with Gasteiger partial charge in [-0.2, -0.15) is 0 Å². The molecule has 0 radical (unpaired) electrons. The Hall–Kier alpha value is -2.66. The van der Waals surface area contributed by atoms with Crippen molar-refractivity contribution in [2.45, 2.75) is 32.4 Å². The van der Waals surface area contributed by atoms with E-state index in [0.717, 1.165) is 23.9 Å². The maximum absolute atomic E-state index is 12.5. The Balaban J connectivity index is 1.61. The number of rotatable bonds is 7. The van der Waals surface area contributed by atoms with Crippen LogP contribution < -0.4 is 5.32 Å². The van der Waals surface area contributed by atoms with Crippen LogP contribution in [-0.4, -0.2) is 33.2 Å². The zero-order valence-electron chi connectivity index (χ0n) is 14.4. The molecule has 5 heteroatoms. The zero-order chi connectivity index (χ0) is 17.6. The van der Waals surface area contributed by atoms with Crippen LogP contribution in [0.25, 0.3) is 11.0 Å². The highest BCUT2D eigenvalue weighted by Crippen LogP contribution is 2.15. The summed E-state index contributed by atoms with van der Waals surface area (Å²) in [7, 11) is 0. The summed E-state index contributed by atoms with van der Waals surface area (Å²) >= 11 is 0. The van der Waals surface area contributed by atoms with E-state index < -0.39 is 0 Å². The van der Waals surface area contributed by atoms with E-state index in [4.69, 9.17) is 5.11 Å². The fourth-order valence-electron chi connectivity index (χ4n) is 2.90. The van der Waals surface area contributed by atoms with Gasteiger partial charge in [-0.25, -0.2) is 4.98 Å². The molecule has 0 saturated carbocycles. The smallest absolute Gasteiger partial charge is 0.251 e. The summed E-state index contributed by atoms with van der Waals surface area (Å²) in [6, 6.07) is 15.8. The van der Waals surface area contributed by atoms with Gasteiger partial charge in [-0.1, -0.05) is 30.3 Å². The monoisotopic (exact) mass is 337 g/mol. The topological polar surface area (TPSA) is 67.2 Å². The van der Waals surface area contributed by atoms with Gasteiger partial charge in [0.1, 0.15) is 0 Å². The predicted molar refractivity (Wildman–Crippen MR) is 98.5 cm³/mol. The minimum atomic E-state index is -0.0841. The van der Waals surface area contributed by atoms with E-state index in [9.17, 15) is 4.79 Å². The molecule has 0 fully saturated rings. The summed E-state index contributed by atoms with van der Waals surface area (Å²) < 4.78 is 1.87. The van der Waals surface area contributed by atoms with Crippen molar-refractivity contribution in [1.29, 1.82) is 0 Å². The van der Waals surface area contributed by atoms with E-state index in [1.807, 2.05) is 35.8 Å². The van der Waals surface area contributed by atoms with Crippen LogP contribution in [0.5, 0.6) is 0 Å². The number of carbonyl (C=O) groups is 1. The first kappa shape index (κ1) is 17.2. The van der Waals surface area contributed by atoms with Crippen LogP contribution >= 0.6 is 0 Å². The molecule has 5 nitrogen and oxygen atoms in total. The number of aryl methyl sites for hydroxylation is 1. The Morgan fingerprint density at radius 1 is 1.24 bits per heavy atom. The largest absolute Gasteiger partial charge is 0.395 e. The van der Waals surface area contributed by atoms with Gasteiger partial charge < -0.3 is 15.0 Å². The summed E-state index contributed by atoms with van der Waals surface area (Å²) in [5.41, 5.74) is 3.56. The molecule has 0 saturated heterocycles. The molecule has 1 unspecified atom stereocenters.